The topological polar surface area (TPSA) is 108 Å². The second kappa shape index (κ2) is 65.7. The Morgan fingerprint density at radius 2 is 0.635 bits per heavy atom. The van der Waals surface area contributed by atoms with Crippen LogP contribution in [0.3, 0.4) is 0 Å². The van der Waals surface area contributed by atoms with Crippen LogP contribution in [0.2, 0.25) is 0 Å². The summed E-state index contributed by atoms with van der Waals surface area (Å²) in [5.74, 6) is -2.00. The van der Waals surface area contributed by atoms with Crippen LogP contribution in [0.1, 0.15) is 284 Å². The summed E-state index contributed by atoms with van der Waals surface area (Å²) < 4.78 is 23.0. The lowest BCUT2D eigenvalue weighted by Crippen LogP contribution is -2.40. The number of quaternary nitrogens is 1. The molecule has 2 unspecified atom stereocenters. The Balaban J connectivity index is 4.14. The van der Waals surface area contributed by atoms with E-state index < -0.39 is 24.3 Å². The van der Waals surface area contributed by atoms with E-state index in [1.54, 1.807) is 0 Å². The summed E-state index contributed by atoms with van der Waals surface area (Å²) in [5.41, 5.74) is 0. The second-order valence-corrected chi connectivity index (χ2v) is 24.1. The molecule has 0 saturated carbocycles. The van der Waals surface area contributed by atoms with Crippen molar-refractivity contribution in [3.63, 3.8) is 0 Å². The van der Waals surface area contributed by atoms with Gasteiger partial charge < -0.3 is 28.5 Å². The monoisotopic (exact) mass is 1180 g/mol. The molecule has 0 amide bonds. The van der Waals surface area contributed by atoms with Crippen LogP contribution in [-0.2, 0) is 33.3 Å². The fourth-order valence-corrected chi connectivity index (χ4v) is 9.48. The number of hydrogen-bond donors (Lipinski definition) is 1. The summed E-state index contributed by atoms with van der Waals surface area (Å²) in [4.78, 5) is 37.6. The van der Waals surface area contributed by atoms with Gasteiger partial charge in [-0.25, -0.2) is 4.79 Å². The number of aliphatic carboxylic acids is 1. The Morgan fingerprint density at radius 1 is 0.353 bits per heavy atom. The van der Waals surface area contributed by atoms with E-state index in [0.717, 1.165) is 103 Å². The highest BCUT2D eigenvalue weighted by molar-refractivity contribution is 5.71. The largest absolute Gasteiger partial charge is 0.477 e. The van der Waals surface area contributed by atoms with Gasteiger partial charge in [-0.2, -0.15) is 0 Å². The lowest BCUT2D eigenvalue weighted by molar-refractivity contribution is -0.870. The van der Waals surface area contributed by atoms with E-state index in [0.29, 0.717) is 23.9 Å². The van der Waals surface area contributed by atoms with E-state index in [9.17, 15) is 19.5 Å². The molecular weight excluding hydrogens is 1050 g/mol. The Labute approximate surface area is 523 Å². The number of nitrogens with zero attached hydrogens (tertiary/aromatic N) is 1. The summed E-state index contributed by atoms with van der Waals surface area (Å²) in [7, 11) is 5.98. The molecule has 0 aromatic heterocycles. The molecule has 1 N–H and O–H groups in total. The molecule has 85 heavy (non-hydrogen) atoms. The zero-order valence-corrected chi connectivity index (χ0v) is 55.5. The number of carbonyl (C=O) groups excluding carboxylic acids is 2. The SMILES string of the molecule is CC/C=C\C/C=C\C/C=C\C/C=C\C/C=C\C/C=C\CCCCCCCCCCCCCCC(=O)OC(COC(=O)CCCCCCCCCCCCCCCCCC/C=C\C/C=C\C/C=C\C/C=C\CC)COC(OCC[N+](C)(C)C)C(=O)O. The molecule has 0 aliphatic carbocycles. The molecule has 0 heterocycles. The standard InChI is InChI=1S/C76H129NO8/c1-6-8-10-12-14-16-18-20-22-24-26-28-30-32-34-36-37-39-41-43-45-47-49-51-53-55-57-59-61-63-65-67-74(79)85-72(71-84-76(75(80)81)82-69-68-77(3,4)5)70-83-73(78)66-64-62-60-58-56-54-52-50-48-46-44-42-40-38-35-33-31-29-27-25-23-21-19-17-15-13-11-9-7-2/h8-11,14-17,20-23,26-29,32,34,37,39,72,76H,6-7,12-13,18-19,24-25,30-31,33,35-36,38,40-71H2,1-5H3/p+1/b10-8-,11-9-,16-14-,17-15-,22-20-,23-21-,28-26-,29-27-,34-32-,39-37-. The number of rotatable bonds is 63. The van der Waals surface area contributed by atoms with Gasteiger partial charge in [0.25, 0.3) is 6.29 Å². The smallest absolute Gasteiger partial charge is 0.361 e. The van der Waals surface area contributed by atoms with Crippen LogP contribution in [0.4, 0.5) is 0 Å². The molecular formula is C76H130NO8+. The van der Waals surface area contributed by atoms with E-state index in [4.69, 9.17) is 18.9 Å². The van der Waals surface area contributed by atoms with Crippen LogP contribution in [0.25, 0.3) is 0 Å². The van der Waals surface area contributed by atoms with E-state index in [1.165, 1.54) is 148 Å². The number of likely N-dealkylation sites (N-methyl/N-ethyl adjacent to an activating group) is 1. The van der Waals surface area contributed by atoms with Crippen LogP contribution >= 0.6 is 0 Å². The lowest BCUT2D eigenvalue weighted by Gasteiger charge is -2.25. The minimum Gasteiger partial charge on any atom is -0.477 e. The molecule has 0 radical (unpaired) electrons. The zero-order valence-electron chi connectivity index (χ0n) is 55.5. The molecule has 0 aliphatic rings. The molecule has 486 valence electrons. The second-order valence-electron chi connectivity index (χ2n) is 24.1. The minimum atomic E-state index is -1.52. The van der Waals surface area contributed by atoms with Gasteiger partial charge in [-0.05, 0) is 103 Å². The number of allylic oxidation sites excluding steroid dienone is 20. The van der Waals surface area contributed by atoms with Crippen molar-refractivity contribution in [1.82, 2.24) is 0 Å². The molecule has 0 saturated heterocycles. The van der Waals surface area contributed by atoms with Gasteiger partial charge in [-0.15, -0.1) is 0 Å². The number of carboxylic acid groups (broad SMARTS) is 1. The highest BCUT2D eigenvalue weighted by Crippen LogP contribution is 2.17. The van der Waals surface area contributed by atoms with Crippen LogP contribution < -0.4 is 0 Å². The highest BCUT2D eigenvalue weighted by Gasteiger charge is 2.25. The van der Waals surface area contributed by atoms with Crippen molar-refractivity contribution in [3.05, 3.63) is 122 Å². The zero-order chi connectivity index (χ0) is 61.9. The summed E-state index contributed by atoms with van der Waals surface area (Å²) in [5, 5.41) is 9.75. The van der Waals surface area contributed by atoms with Gasteiger partial charge in [0.2, 0.25) is 0 Å². The van der Waals surface area contributed by atoms with E-state index in [-0.39, 0.29) is 32.2 Å². The maximum atomic E-state index is 12.9. The first-order valence-electron chi connectivity index (χ1n) is 34.7. The number of ether oxygens (including phenoxy) is 4. The number of carbonyl (C=O) groups is 3. The quantitative estimate of drug-likeness (QED) is 0.0211. The Kier molecular flexibility index (Phi) is 62.3. The lowest BCUT2D eigenvalue weighted by atomic mass is 10.0. The van der Waals surface area contributed by atoms with Crippen LogP contribution in [0.5, 0.6) is 0 Å². The summed E-state index contributed by atoms with van der Waals surface area (Å²) in [6, 6.07) is 0. The fourth-order valence-electron chi connectivity index (χ4n) is 9.48. The third-order valence-corrected chi connectivity index (χ3v) is 14.7. The van der Waals surface area contributed by atoms with Crippen molar-refractivity contribution in [3.8, 4) is 0 Å². The van der Waals surface area contributed by atoms with Gasteiger partial charge in [-0.1, -0.05) is 289 Å². The van der Waals surface area contributed by atoms with Crippen molar-refractivity contribution in [2.24, 2.45) is 0 Å². The van der Waals surface area contributed by atoms with Crippen molar-refractivity contribution >= 4 is 17.9 Å². The summed E-state index contributed by atoms with van der Waals surface area (Å²) in [6.07, 6.45) is 90.2. The van der Waals surface area contributed by atoms with Crippen LogP contribution in [0.15, 0.2) is 122 Å². The van der Waals surface area contributed by atoms with Gasteiger partial charge in [0.05, 0.1) is 34.4 Å². The number of esters is 2. The van der Waals surface area contributed by atoms with Gasteiger partial charge >= 0.3 is 17.9 Å². The molecule has 9 heteroatoms. The molecule has 0 bridgehead atoms. The molecule has 0 aliphatic heterocycles. The first-order valence-corrected chi connectivity index (χ1v) is 34.7. The third-order valence-electron chi connectivity index (χ3n) is 14.7. The predicted molar refractivity (Wildman–Crippen MR) is 364 cm³/mol. The molecule has 0 aromatic carbocycles. The van der Waals surface area contributed by atoms with Crippen LogP contribution in [-0.4, -0.2) is 87.4 Å². The first kappa shape index (κ1) is 80.7. The van der Waals surface area contributed by atoms with Crippen LogP contribution in [0, 0.1) is 0 Å². The van der Waals surface area contributed by atoms with E-state index >= 15 is 0 Å². The van der Waals surface area contributed by atoms with Crippen molar-refractivity contribution in [1.29, 1.82) is 0 Å². The van der Waals surface area contributed by atoms with Gasteiger partial charge in [0.1, 0.15) is 13.2 Å². The van der Waals surface area contributed by atoms with Crippen molar-refractivity contribution in [2.45, 2.75) is 296 Å². The Morgan fingerprint density at radius 3 is 0.941 bits per heavy atom. The first-order chi connectivity index (χ1) is 41.6. The normalized spacial score (nSPS) is 13.5. The van der Waals surface area contributed by atoms with Crippen molar-refractivity contribution in [2.75, 3.05) is 47.5 Å². The summed E-state index contributed by atoms with van der Waals surface area (Å²) in [6.45, 7) is 4.67. The van der Waals surface area contributed by atoms with Gasteiger partial charge in [-0.3, -0.25) is 9.59 Å². The summed E-state index contributed by atoms with van der Waals surface area (Å²) >= 11 is 0. The van der Waals surface area contributed by atoms with E-state index in [2.05, 4.69) is 135 Å². The molecule has 0 spiro atoms. The molecule has 2 atom stereocenters. The molecule has 0 aromatic rings. The average Bonchev–Trinajstić information content (AvgIpc) is 3.49. The third kappa shape index (κ3) is 67.1. The Bertz CT molecular complexity index is 1810. The molecule has 9 nitrogen and oxygen atoms in total. The number of unbranched alkanes of at least 4 members (excludes halogenated alkanes) is 28. The van der Waals surface area contributed by atoms with E-state index in [1.807, 2.05) is 21.1 Å². The van der Waals surface area contributed by atoms with Gasteiger partial charge in [0, 0.05) is 12.8 Å². The van der Waals surface area contributed by atoms with Crippen molar-refractivity contribution < 1.29 is 42.9 Å². The Hall–Kier alpha value is -4.31. The highest BCUT2D eigenvalue weighted by atomic mass is 16.7. The fraction of sp³-hybridized carbons (Fsp3) is 0.697. The molecule has 0 rings (SSSR count). The average molecular weight is 1190 g/mol. The maximum Gasteiger partial charge on any atom is 0.361 e. The number of hydrogen-bond acceptors (Lipinski definition) is 7. The predicted octanol–water partition coefficient (Wildman–Crippen LogP) is 21.6. The molecule has 0 fully saturated rings. The minimum absolute atomic E-state index is 0.183. The maximum absolute atomic E-state index is 12.9. The number of carboxylic acids is 1. The van der Waals surface area contributed by atoms with Gasteiger partial charge in [0.15, 0.2) is 6.10 Å².